The van der Waals surface area contributed by atoms with Crippen molar-refractivity contribution in [3.05, 3.63) is 0 Å². The Morgan fingerprint density at radius 2 is 1.18 bits per heavy atom. The Labute approximate surface area is 95.3 Å². The molecule has 0 aromatic carbocycles. The lowest BCUT2D eigenvalue weighted by molar-refractivity contribution is 0.452. The van der Waals surface area contributed by atoms with Gasteiger partial charge in [0.25, 0.3) is 0 Å². The third-order valence-electron chi connectivity index (χ3n) is 3.30. The number of halogens is 2. The van der Waals surface area contributed by atoms with Gasteiger partial charge in [-0.2, -0.15) is 0 Å². The van der Waals surface area contributed by atoms with Gasteiger partial charge in [-0.05, 0) is 11.1 Å². The molecule has 0 bridgehead atoms. The smallest absolute Gasteiger partial charge is 0.104 e. The van der Waals surface area contributed by atoms with Gasteiger partial charge >= 0.3 is 0 Å². The molecule has 2 aliphatic rings. The van der Waals surface area contributed by atoms with Crippen molar-refractivity contribution >= 4 is 46.7 Å². The summed E-state index contributed by atoms with van der Waals surface area (Å²) >= 11 is 5.71. The molecular weight excluding hydrogens is 378 g/mol. The van der Waals surface area contributed by atoms with Gasteiger partial charge in [0.15, 0.2) is 3.07 Å². The van der Waals surface area contributed by atoms with Crippen molar-refractivity contribution in [3.8, 4) is 0 Å². The molecule has 0 saturated heterocycles. The highest BCUT2D eigenvalue weighted by Crippen LogP contribution is 2.59. The summed E-state index contributed by atoms with van der Waals surface area (Å²) in [4.78, 5) is 0. The molecule has 2 fully saturated rings. The van der Waals surface area contributed by atoms with E-state index in [4.69, 9.17) is 0 Å². The molecule has 0 N–H and O–H groups in total. The van der Waals surface area contributed by atoms with Gasteiger partial charge in [0.2, 0.25) is 0 Å². The Bertz CT molecular complexity index is 134. The standard InChI is InChI=1S/C8H14I2Si/c9-11(10,7-3-1-4-7)8-5-2-6-8/h7-8H,1-6H2. The minimum atomic E-state index is -0.796. The second-order valence-corrected chi connectivity index (χ2v) is 23.8. The highest BCUT2D eigenvalue weighted by molar-refractivity contribution is 14.3. The van der Waals surface area contributed by atoms with Crippen LogP contribution in [0.3, 0.4) is 0 Å². The number of rotatable bonds is 2. The van der Waals surface area contributed by atoms with Crippen molar-refractivity contribution in [3.63, 3.8) is 0 Å². The van der Waals surface area contributed by atoms with E-state index in [2.05, 4.69) is 43.6 Å². The summed E-state index contributed by atoms with van der Waals surface area (Å²) in [6.45, 7) is 0. The summed E-state index contributed by atoms with van der Waals surface area (Å²) in [7, 11) is 0. The van der Waals surface area contributed by atoms with Crippen LogP contribution in [0.15, 0.2) is 0 Å². The first-order valence-corrected chi connectivity index (χ1v) is 13.0. The van der Waals surface area contributed by atoms with E-state index in [9.17, 15) is 0 Å². The fourth-order valence-corrected chi connectivity index (χ4v) is 12.4. The lowest BCUT2D eigenvalue weighted by Gasteiger charge is -2.44. The van der Waals surface area contributed by atoms with Crippen molar-refractivity contribution in [2.45, 2.75) is 49.6 Å². The molecule has 0 spiro atoms. The van der Waals surface area contributed by atoms with Crippen LogP contribution in [0.2, 0.25) is 11.1 Å². The maximum absolute atomic E-state index is 2.86. The summed E-state index contributed by atoms with van der Waals surface area (Å²) in [6.07, 6.45) is 9.31. The molecule has 2 saturated carbocycles. The highest BCUT2D eigenvalue weighted by atomic mass is 127. The molecular formula is C8H14I2Si. The number of hydrogen-bond acceptors (Lipinski definition) is 0. The fourth-order valence-electron chi connectivity index (χ4n) is 1.92. The van der Waals surface area contributed by atoms with Crippen molar-refractivity contribution in [2.75, 3.05) is 0 Å². The third-order valence-corrected chi connectivity index (χ3v) is 17.2. The van der Waals surface area contributed by atoms with E-state index < -0.39 is 3.07 Å². The quantitative estimate of drug-likeness (QED) is 0.371. The van der Waals surface area contributed by atoms with E-state index in [1.54, 1.807) is 25.7 Å². The molecule has 0 nitrogen and oxygen atoms in total. The minimum absolute atomic E-state index is 0.796. The fraction of sp³-hybridized carbons (Fsp3) is 1.00. The molecule has 0 amide bonds. The monoisotopic (exact) mass is 392 g/mol. The maximum atomic E-state index is 2.86. The van der Waals surface area contributed by atoms with Crippen LogP contribution in [0.4, 0.5) is 0 Å². The van der Waals surface area contributed by atoms with Gasteiger partial charge in [0.1, 0.15) is 0 Å². The molecule has 0 aromatic rings. The molecule has 0 unspecified atom stereocenters. The van der Waals surface area contributed by atoms with Gasteiger partial charge in [-0.25, -0.2) is 0 Å². The minimum Gasteiger partial charge on any atom is -0.104 e. The Balaban J connectivity index is 1.95. The zero-order valence-corrected chi connectivity index (χ0v) is 12.0. The zero-order valence-electron chi connectivity index (χ0n) is 6.65. The average Bonchev–Trinajstić information content (AvgIpc) is 1.46. The molecule has 0 heterocycles. The van der Waals surface area contributed by atoms with Crippen LogP contribution in [-0.2, 0) is 0 Å². The highest BCUT2D eigenvalue weighted by Gasteiger charge is 2.47. The third kappa shape index (κ3) is 1.66. The lowest BCUT2D eigenvalue weighted by Crippen LogP contribution is -2.38. The average molecular weight is 392 g/mol. The first-order valence-electron chi connectivity index (χ1n) is 4.59. The second kappa shape index (κ2) is 3.44. The summed E-state index contributed by atoms with van der Waals surface area (Å²) in [6, 6.07) is 0. The van der Waals surface area contributed by atoms with Gasteiger partial charge in [-0.1, -0.05) is 38.5 Å². The van der Waals surface area contributed by atoms with Crippen LogP contribution in [0.25, 0.3) is 0 Å². The van der Waals surface area contributed by atoms with Gasteiger partial charge in [0, 0.05) is 0 Å². The van der Waals surface area contributed by atoms with Crippen molar-refractivity contribution < 1.29 is 0 Å². The van der Waals surface area contributed by atoms with E-state index in [1.165, 1.54) is 23.9 Å². The van der Waals surface area contributed by atoms with Gasteiger partial charge in [-0.15, -0.1) is 43.6 Å². The van der Waals surface area contributed by atoms with Gasteiger partial charge < -0.3 is 0 Å². The Morgan fingerprint density at radius 1 is 0.818 bits per heavy atom. The lowest BCUT2D eigenvalue weighted by atomic mass is 9.98. The van der Waals surface area contributed by atoms with Crippen LogP contribution in [-0.4, -0.2) is 3.07 Å². The van der Waals surface area contributed by atoms with Gasteiger partial charge in [-0.3, -0.25) is 0 Å². The Kier molecular flexibility index (Phi) is 2.89. The van der Waals surface area contributed by atoms with E-state index >= 15 is 0 Å². The zero-order chi connectivity index (χ0) is 7.90. The normalized spacial score (nSPS) is 27.8. The van der Waals surface area contributed by atoms with Crippen LogP contribution in [0.1, 0.15) is 38.5 Å². The first-order chi connectivity index (χ1) is 5.21. The summed E-state index contributed by atoms with van der Waals surface area (Å²) in [5.74, 6) is 0. The SMILES string of the molecule is I[Si](I)(C1CCC1)C1CCC1. The van der Waals surface area contributed by atoms with Crippen molar-refractivity contribution in [1.29, 1.82) is 0 Å². The van der Waals surface area contributed by atoms with Crippen molar-refractivity contribution in [2.24, 2.45) is 0 Å². The topological polar surface area (TPSA) is 0 Å². The van der Waals surface area contributed by atoms with E-state index in [-0.39, 0.29) is 0 Å². The Hall–Kier alpha value is 1.68. The van der Waals surface area contributed by atoms with E-state index in [0.29, 0.717) is 0 Å². The van der Waals surface area contributed by atoms with E-state index in [0.717, 1.165) is 0 Å². The predicted octanol–water partition coefficient (Wildman–Crippen LogP) is 4.41. The van der Waals surface area contributed by atoms with Crippen LogP contribution in [0.5, 0.6) is 0 Å². The van der Waals surface area contributed by atoms with E-state index in [1.807, 2.05) is 0 Å². The molecule has 0 aromatic heterocycles. The first kappa shape index (κ1) is 9.24. The molecule has 64 valence electrons. The largest absolute Gasteiger partial charge is 0.197 e. The molecule has 2 aliphatic carbocycles. The van der Waals surface area contributed by atoms with Crippen LogP contribution < -0.4 is 0 Å². The number of hydrogen-bond donors (Lipinski definition) is 0. The second-order valence-electron chi connectivity index (χ2n) is 3.93. The Morgan fingerprint density at radius 3 is 1.36 bits per heavy atom. The van der Waals surface area contributed by atoms with Crippen molar-refractivity contribution in [1.82, 2.24) is 0 Å². The maximum Gasteiger partial charge on any atom is 0.197 e. The van der Waals surface area contributed by atoms with Gasteiger partial charge in [0.05, 0.1) is 0 Å². The molecule has 2 rings (SSSR count). The molecule has 3 heteroatoms. The summed E-state index contributed by atoms with van der Waals surface area (Å²) in [5.41, 5.74) is 2.38. The molecule has 11 heavy (non-hydrogen) atoms. The molecule has 0 radical (unpaired) electrons. The van der Waals surface area contributed by atoms with Crippen LogP contribution in [0, 0.1) is 0 Å². The van der Waals surface area contributed by atoms with Crippen LogP contribution >= 0.6 is 43.6 Å². The molecule has 0 aliphatic heterocycles. The predicted molar refractivity (Wildman–Crippen MR) is 69.0 cm³/mol. The molecule has 0 atom stereocenters. The summed E-state index contributed by atoms with van der Waals surface area (Å²) < 4.78 is -0.796. The summed E-state index contributed by atoms with van der Waals surface area (Å²) in [5, 5.41) is 0.